The van der Waals surface area contributed by atoms with Crippen molar-refractivity contribution in [3.05, 3.63) is 65.7 Å². The molecule has 7 nitrogen and oxygen atoms in total. The van der Waals surface area contributed by atoms with Crippen molar-refractivity contribution in [2.75, 3.05) is 13.1 Å². The van der Waals surface area contributed by atoms with Gasteiger partial charge in [-0.15, -0.1) is 0 Å². The molecule has 3 rings (SSSR count). The first-order valence-electron chi connectivity index (χ1n) is 10.6. The predicted octanol–water partition coefficient (Wildman–Crippen LogP) is 2.36. The minimum atomic E-state index is -3.58. The highest BCUT2D eigenvalue weighted by Gasteiger charge is 2.33. The molecule has 1 atom stereocenters. The average Bonchev–Trinajstić information content (AvgIpc) is 2.79. The van der Waals surface area contributed by atoms with Crippen molar-refractivity contribution in [3.8, 4) is 0 Å². The van der Waals surface area contributed by atoms with Gasteiger partial charge in [0.15, 0.2) is 0 Å². The monoisotopic (exact) mass is 443 g/mol. The lowest BCUT2D eigenvalue weighted by atomic mass is 10.0. The van der Waals surface area contributed by atoms with Crippen molar-refractivity contribution in [1.29, 1.82) is 0 Å². The van der Waals surface area contributed by atoms with Gasteiger partial charge >= 0.3 is 11.8 Å². The van der Waals surface area contributed by atoms with Crippen molar-refractivity contribution in [1.82, 2.24) is 14.9 Å². The van der Waals surface area contributed by atoms with Crippen LogP contribution in [0.5, 0.6) is 0 Å². The average molecular weight is 444 g/mol. The van der Waals surface area contributed by atoms with Gasteiger partial charge in [0.05, 0.1) is 4.90 Å². The van der Waals surface area contributed by atoms with Crippen LogP contribution in [0.1, 0.15) is 36.8 Å². The molecule has 31 heavy (non-hydrogen) atoms. The van der Waals surface area contributed by atoms with Gasteiger partial charge in [0.2, 0.25) is 10.0 Å². The van der Waals surface area contributed by atoms with Gasteiger partial charge in [-0.2, -0.15) is 4.31 Å². The number of aryl methyl sites for hydroxylation is 1. The number of hydrogen-bond acceptors (Lipinski definition) is 4. The number of carbonyl (C=O) groups excluding carboxylic acids is 2. The molecule has 0 aromatic heterocycles. The largest absolute Gasteiger partial charge is 0.348 e. The van der Waals surface area contributed by atoms with E-state index in [-0.39, 0.29) is 24.0 Å². The quantitative estimate of drug-likeness (QED) is 0.642. The maximum atomic E-state index is 13.0. The lowest BCUT2D eigenvalue weighted by molar-refractivity contribution is -0.139. The van der Waals surface area contributed by atoms with Gasteiger partial charge in [0, 0.05) is 25.7 Å². The molecule has 0 spiro atoms. The van der Waals surface area contributed by atoms with E-state index in [1.807, 2.05) is 31.2 Å². The molecule has 0 radical (unpaired) electrons. The molecule has 8 heteroatoms. The molecule has 1 fully saturated rings. The van der Waals surface area contributed by atoms with Crippen molar-refractivity contribution in [2.24, 2.45) is 0 Å². The Bertz CT molecular complexity index is 1010. The molecule has 2 aromatic rings. The molecule has 1 aliphatic heterocycles. The van der Waals surface area contributed by atoms with Gasteiger partial charge in [0.25, 0.3) is 0 Å². The van der Waals surface area contributed by atoms with Crippen LogP contribution < -0.4 is 10.6 Å². The second-order valence-electron chi connectivity index (χ2n) is 7.73. The number of hydrogen-bond donors (Lipinski definition) is 2. The molecule has 166 valence electrons. The van der Waals surface area contributed by atoms with E-state index in [1.54, 1.807) is 30.3 Å². The third-order valence-corrected chi connectivity index (χ3v) is 7.56. The summed E-state index contributed by atoms with van der Waals surface area (Å²) in [7, 11) is -3.58. The van der Waals surface area contributed by atoms with E-state index in [4.69, 9.17) is 0 Å². The Labute approximate surface area is 183 Å². The van der Waals surface area contributed by atoms with Crippen molar-refractivity contribution >= 4 is 21.8 Å². The topological polar surface area (TPSA) is 95.6 Å². The molecule has 1 saturated heterocycles. The highest BCUT2D eigenvalue weighted by atomic mass is 32.2. The lowest BCUT2D eigenvalue weighted by Gasteiger charge is -2.34. The second kappa shape index (κ2) is 10.5. The Morgan fingerprint density at radius 1 is 0.968 bits per heavy atom. The molecule has 2 amide bonds. The number of carbonyl (C=O) groups is 2. The van der Waals surface area contributed by atoms with E-state index >= 15 is 0 Å². The molecule has 2 N–H and O–H groups in total. The first-order chi connectivity index (χ1) is 14.9. The Kier molecular flexibility index (Phi) is 7.81. The molecule has 0 aliphatic carbocycles. The maximum Gasteiger partial charge on any atom is 0.309 e. The zero-order valence-corrected chi connectivity index (χ0v) is 18.5. The SMILES string of the molecule is Cc1ccccc1CNC(=O)C(=O)NCC[C@H]1CCCCN1S(=O)(=O)c1ccccc1. The van der Waals surface area contributed by atoms with E-state index in [1.165, 1.54) is 4.31 Å². The van der Waals surface area contributed by atoms with Crippen LogP contribution in [0.15, 0.2) is 59.5 Å². The fourth-order valence-corrected chi connectivity index (χ4v) is 5.55. The van der Waals surface area contributed by atoms with Crippen molar-refractivity contribution in [3.63, 3.8) is 0 Å². The zero-order chi connectivity index (χ0) is 22.3. The van der Waals surface area contributed by atoms with E-state index in [0.29, 0.717) is 13.0 Å². The van der Waals surface area contributed by atoms with E-state index in [0.717, 1.165) is 30.4 Å². The minimum absolute atomic E-state index is 0.200. The fraction of sp³-hybridized carbons (Fsp3) is 0.391. The van der Waals surface area contributed by atoms with Gasteiger partial charge in [-0.25, -0.2) is 8.42 Å². The van der Waals surface area contributed by atoms with E-state index < -0.39 is 21.8 Å². The molecule has 0 bridgehead atoms. The van der Waals surface area contributed by atoms with Gasteiger partial charge in [-0.05, 0) is 49.4 Å². The summed E-state index contributed by atoms with van der Waals surface area (Å²) in [6.07, 6.45) is 2.96. The molecular formula is C23H29N3O4S. The summed E-state index contributed by atoms with van der Waals surface area (Å²) >= 11 is 0. The van der Waals surface area contributed by atoms with E-state index in [9.17, 15) is 18.0 Å². The highest BCUT2D eigenvalue weighted by Crippen LogP contribution is 2.26. The third kappa shape index (κ3) is 5.92. The first-order valence-corrected chi connectivity index (χ1v) is 12.0. The predicted molar refractivity (Wildman–Crippen MR) is 119 cm³/mol. The molecule has 0 unspecified atom stereocenters. The number of nitrogens with one attached hydrogen (secondary N) is 2. The van der Waals surface area contributed by atoms with Crippen LogP contribution in [0.2, 0.25) is 0 Å². The lowest BCUT2D eigenvalue weighted by Crippen LogP contribution is -2.46. The summed E-state index contributed by atoms with van der Waals surface area (Å²) in [6.45, 7) is 2.93. The smallest absolute Gasteiger partial charge is 0.309 e. The van der Waals surface area contributed by atoms with Crippen LogP contribution >= 0.6 is 0 Å². The normalized spacial score (nSPS) is 17.1. The number of piperidine rings is 1. The Balaban J connectivity index is 1.51. The first kappa shape index (κ1) is 23.0. The van der Waals surface area contributed by atoms with Crippen LogP contribution in [0.25, 0.3) is 0 Å². The summed E-state index contributed by atoms with van der Waals surface area (Å²) in [5.74, 6) is -1.40. The minimum Gasteiger partial charge on any atom is -0.348 e. The summed E-state index contributed by atoms with van der Waals surface area (Å²) in [5, 5.41) is 5.25. The maximum absolute atomic E-state index is 13.0. The highest BCUT2D eigenvalue weighted by molar-refractivity contribution is 7.89. The number of rotatable bonds is 7. The van der Waals surface area contributed by atoms with Crippen LogP contribution in [0, 0.1) is 6.92 Å². The van der Waals surface area contributed by atoms with Crippen LogP contribution in [-0.4, -0.2) is 43.7 Å². The summed E-state index contributed by atoms with van der Waals surface area (Å²) in [6, 6.07) is 15.8. The molecule has 1 aliphatic rings. The van der Waals surface area contributed by atoms with Gasteiger partial charge in [-0.1, -0.05) is 48.9 Å². The van der Waals surface area contributed by atoms with Crippen LogP contribution in [0.4, 0.5) is 0 Å². The third-order valence-electron chi connectivity index (χ3n) is 5.59. The standard InChI is InChI=1S/C23H29N3O4S/c1-18-9-5-6-10-19(18)17-25-23(28)22(27)24-15-14-20-11-7-8-16-26(20)31(29,30)21-12-3-2-4-13-21/h2-6,9-10,12-13,20H,7-8,11,14-17H2,1H3,(H,24,27)(H,25,28)/t20-/m1/s1. The fourth-order valence-electron chi connectivity index (χ4n) is 3.80. The molecule has 2 aromatic carbocycles. The summed E-state index contributed by atoms with van der Waals surface area (Å²) in [4.78, 5) is 24.5. The zero-order valence-electron chi connectivity index (χ0n) is 17.7. The second-order valence-corrected chi connectivity index (χ2v) is 9.62. The van der Waals surface area contributed by atoms with Crippen LogP contribution in [-0.2, 0) is 26.2 Å². The van der Waals surface area contributed by atoms with E-state index in [2.05, 4.69) is 10.6 Å². The number of sulfonamides is 1. The molecular weight excluding hydrogens is 414 g/mol. The van der Waals surface area contributed by atoms with Gasteiger partial charge < -0.3 is 10.6 Å². The Hall–Kier alpha value is -2.71. The van der Waals surface area contributed by atoms with Crippen molar-refractivity contribution < 1.29 is 18.0 Å². The number of amides is 2. The number of nitrogens with zero attached hydrogens (tertiary/aromatic N) is 1. The molecule has 1 heterocycles. The van der Waals surface area contributed by atoms with Crippen LogP contribution in [0.3, 0.4) is 0 Å². The molecule has 0 saturated carbocycles. The summed E-state index contributed by atoms with van der Waals surface area (Å²) < 4.78 is 27.6. The number of benzene rings is 2. The Morgan fingerprint density at radius 2 is 1.65 bits per heavy atom. The van der Waals surface area contributed by atoms with Crippen molar-refractivity contribution in [2.45, 2.75) is 50.1 Å². The van der Waals surface area contributed by atoms with Gasteiger partial charge in [-0.3, -0.25) is 9.59 Å². The van der Waals surface area contributed by atoms with Gasteiger partial charge in [0.1, 0.15) is 0 Å². The summed E-state index contributed by atoms with van der Waals surface area (Å²) in [5.41, 5.74) is 1.99. The Morgan fingerprint density at radius 3 is 2.39 bits per heavy atom.